The molecule has 2 heterocycles. The molecule has 0 bridgehead atoms. The highest BCUT2D eigenvalue weighted by Crippen LogP contribution is 2.21. The lowest BCUT2D eigenvalue weighted by atomic mass is 9.93. The van der Waals surface area contributed by atoms with Crippen molar-refractivity contribution in [2.75, 3.05) is 13.1 Å². The molecule has 106 valence electrons. The lowest BCUT2D eigenvalue weighted by Crippen LogP contribution is -2.43. The first-order valence-corrected chi connectivity index (χ1v) is 6.74. The molecular formula is C15H18N2O3. The molecule has 20 heavy (non-hydrogen) atoms. The van der Waals surface area contributed by atoms with Gasteiger partial charge in [-0.05, 0) is 31.9 Å². The van der Waals surface area contributed by atoms with Gasteiger partial charge < -0.3 is 14.4 Å². The molecule has 0 spiro atoms. The van der Waals surface area contributed by atoms with Crippen LogP contribution in [0.3, 0.4) is 0 Å². The van der Waals surface area contributed by atoms with Crippen LogP contribution >= 0.6 is 0 Å². The fraction of sp³-hybridized carbons (Fsp3) is 0.467. The van der Waals surface area contributed by atoms with E-state index in [2.05, 4.69) is 0 Å². The van der Waals surface area contributed by atoms with E-state index in [1.807, 2.05) is 6.07 Å². The third-order valence-corrected chi connectivity index (χ3v) is 3.61. The molecule has 5 nitrogen and oxygen atoms in total. The minimum Gasteiger partial charge on any atom is -0.465 e. The Bertz CT molecular complexity index is 526. The first-order valence-electron chi connectivity index (χ1n) is 6.74. The van der Waals surface area contributed by atoms with Gasteiger partial charge in [0, 0.05) is 25.1 Å². The zero-order valence-electron chi connectivity index (χ0n) is 11.5. The van der Waals surface area contributed by atoms with Gasteiger partial charge in [0.25, 0.3) is 5.91 Å². The van der Waals surface area contributed by atoms with Gasteiger partial charge in [-0.3, -0.25) is 4.79 Å². The number of likely N-dealkylation sites (tertiary alicyclic amines) is 1. The number of piperidine rings is 1. The van der Waals surface area contributed by atoms with Gasteiger partial charge in [0.05, 0.1) is 12.4 Å². The lowest BCUT2D eigenvalue weighted by Gasteiger charge is -2.34. The monoisotopic (exact) mass is 274 g/mol. The molecule has 1 fully saturated rings. The van der Waals surface area contributed by atoms with E-state index in [9.17, 15) is 9.90 Å². The summed E-state index contributed by atoms with van der Waals surface area (Å²) >= 11 is 0. The number of nitrogens with zero attached hydrogens (tertiary/aromatic N) is 2. The van der Waals surface area contributed by atoms with E-state index < -0.39 is 6.10 Å². The van der Waals surface area contributed by atoms with Crippen molar-refractivity contribution in [1.29, 1.82) is 5.26 Å². The Balaban J connectivity index is 2.11. The van der Waals surface area contributed by atoms with Gasteiger partial charge in [0.15, 0.2) is 0 Å². The van der Waals surface area contributed by atoms with Crippen molar-refractivity contribution < 1.29 is 14.3 Å². The van der Waals surface area contributed by atoms with Crippen LogP contribution in [0, 0.1) is 17.2 Å². The second kappa shape index (κ2) is 6.40. The molecule has 0 aromatic carbocycles. The summed E-state index contributed by atoms with van der Waals surface area (Å²) in [5.74, 6) is 0.268. The fourth-order valence-corrected chi connectivity index (χ4v) is 2.42. The van der Waals surface area contributed by atoms with Crippen LogP contribution in [-0.4, -0.2) is 35.1 Å². The molecular weight excluding hydrogens is 256 g/mol. The molecule has 1 aromatic heterocycles. The van der Waals surface area contributed by atoms with Crippen molar-refractivity contribution in [3.8, 4) is 6.07 Å². The summed E-state index contributed by atoms with van der Waals surface area (Å²) in [6, 6.07) is 5.33. The predicted molar refractivity (Wildman–Crippen MR) is 73.3 cm³/mol. The van der Waals surface area contributed by atoms with Crippen LogP contribution in [0.5, 0.6) is 0 Å². The molecule has 5 heteroatoms. The van der Waals surface area contributed by atoms with Crippen molar-refractivity contribution in [1.82, 2.24) is 4.90 Å². The number of nitriles is 1. The van der Waals surface area contributed by atoms with Crippen LogP contribution in [0.25, 0.3) is 6.08 Å². The maximum absolute atomic E-state index is 12.3. The van der Waals surface area contributed by atoms with Gasteiger partial charge >= 0.3 is 0 Å². The minimum absolute atomic E-state index is 0.0613. The topological polar surface area (TPSA) is 77.5 Å². The Morgan fingerprint density at radius 3 is 3.10 bits per heavy atom. The maximum atomic E-state index is 12.3. The zero-order chi connectivity index (χ0) is 14.5. The van der Waals surface area contributed by atoms with Crippen molar-refractivity contribution in [2.24, 2.45) is 5.92 Å². The van der Waals surface area contributed by atoms with Crippen molar-refractivity contribution >= 4 is 12.0 Å². The summed E-state index contributed by atoms with van der Waals surface area (Å²) in [7, 11) is 0. The quantitative estimate of drug-likeness (QED) is 0.673. The van der Waals surface area contributed by atoms with Gasteiger partial charge in [-0.15, -0.1) is 0 Å². The third kappa shape index (κ3) is 3.28. The van der Waals surface area contributed by atoms with Gasteiger partial charge in [-0.2, -0.15) is 5.26 Å². The Labute approximate surface area is 118 Å². The average Bonchev–Trinajstić information content (AvgIpc) is 2.97. The number of carbonyl (C=O) groups excluding carboxylic acids is 1. The average molecular weight is 274 g/mol. The number of furan rings is 1. The van der Waals surface area contributed by atoms with E-state index in [0.717, 1.165) is 12.8 Å². The number of amides is 1. The third-order valence-electron chi connectivity index (χ3n) is 3.61. The maximum Gasteiger partial charge on any atom is 0.264 e. The number of rotatable bonds is 3. The van der Waals surface area contributed by atoms with Crippen LogP contribution in [0.1, 0.15) is 25.5 Å². The molecule has 1 aromatic rings. The molecule has 2 unspecified atom stereocenters. The number of carbonyl (C=O) groups is 1. The van der Waals surface area contributed by atoms with Crippen molar-refractivity contribution in [3.05, 3.63) is 29.7 Å². The first kappa shape index (κ1) is 14.4. The zero-order valence-corrected chi connectivity index (χ0v) is 11.5. The SMILES string of the molecule is CC(O)C1CCCN(C(=O)/C(C#N)=C/c2ccco2)C1. The number of aliphatic hydroxyl groups is 1. The largest absolute Gasteiger partial charge is 0.465 e. The Hall–Kier alpha value is -2.06. The Kier molecular flexibility index (Phi) is 4.59. The van der Waals surface area contributed by atoms with E-state index in [-0.39, 0.29) is 17.4 Å². The summed E-state index contributed by atoms with van der Waals surface area (Å²) in [5, 5.41) is 18.8. The summed E-state index contributed by atoms with van der Waals surface area (Å²) in [4.78, 5) is 14.0. The fourth-order valence-electron chi connectivity index (χ4n) is 2.42. The standard InChI is InChI=1S/C15H18N2O3/c1-11(18)12-4-2-6-17(10-12)15(19)13(9-16)8-14-5-3-7-20-14/h3,5,7-8,11-12,18H,2,4,6,10H2,1H3/b13-8+. The molecule has 1 saturated heterocycles. The molecule has 0 radical (unpaired) electrons. The van der Waals surface area contributed by atoms with Crippen LogP contribution in [0.15, 0.2) is 28.4 Å². The van der Waals surface area contributed by atoms with Gasteiger partial charge in [-0.1, -0.05) is 0 Å². The van der Waals surface area contributed by atoms with Crippen LogP contribution in [-0.2, 0) is 4.79 Å². The van der Waals surface area contributed by atoms with E-state index in [1.54, 1.807) is 24.0 Å². The molecule has 2 rings (SSSR count). The van der Waals surface area contributed by atoms with E-state index >= 15 is 0 Å². The van der Waals surface area contributed by atoms with Crippen molar-refractivity contribution in [2.45, 2.75) is 25.9 Å². The van der Waals surface area contributed by atoms with E-state index in [1.165, 1.54) is 12.3 Å². The highest BCUT2D eigenvalue weighted by Gasteiger charge is 2.28. The van der Waals surface area contributed by atoms with Crippen LogP contribution in [0.4, 0.5) is 0 Å². The molecule has 2 atom stereocenters. The number of aliphatic hydroxyl groups excluding tert-OH is 1. The minimum atomic E-state index is -0.440. The molecule has 1 N–H and O–H groups in total. The summed E-state index contributed by atoms with van der Waals surface area (Å²) < 4.78 is 5.12. The molecule has 0 saturated carbocycles. The second-order valence-electron chi connectivity index (χ2n) is 5.08. The summed E-state index contributed by atoms with van der Waals surface area (Å²) in [5.41, 5.74) is 0.0613. The van der Waals surface area contributed by atoms with Crippen LogP contribution < -0.4 is 0 Å². The predicted octanol–water partition coefficient (Wildman–Crippen LogP) is 1.81. The highest BCUT2D eigenvalue weighted by atomic mass is 16.3. The Morgan fingerprint density at radius 1 is 1.70 bits per heavy atom. The van der Waals surface area contributed by atoms with E-state index in [0.29, 0.717) is 18.8 Å². The molecule has 0 aliphatic carbocycles. The second-order valence-corrected chi connectivity index (χ2v) is 5.08. The summed E-state index contributed by atoms with van der Waals surface area (Å²) in [6.07, 6.45) is 4.26. The van der Waals surface area contributed by atoms with Gasteiger partial charge in [-0.25, -0.2) is 0 Å². The van der Waals surface area contributed by atoms with Crippen molar-refractivity contribution in [3.63, 3.8) is 0 Å². The summed E-state index contributed by atoms with van der Waals surface area (Å²) in [6.45, 7) is 2.86. The first-order chi connectivity index (χ1) is 9.61. The van der Waals surface area contributed by atoms with Crippen LogP contribution in [0.2, 0.25) is 0 Å². The lowest BCUT2D eigenvalue weighted by molar-refractivity contribution is -0.129. The van der Waals surface area contributed by atoms with E-state index in [4.69, 9.17) is 9.68 Å². The number of hydrogen-bond acceptors (Lipinski definition) is 4. The smallest absolute Gasteiger partial charge is 0.264 e. The number of hydrogen-bond donors (Lipinski definition) is 1. The van der Waals surface area contributed by atoms with Gasteiger partial charge in [0.2, 0.25) is 0 Å². The van der Waals surface area contributed by atoms with Gasteiger partial charge in [0.1, 0.15) is 17.4 Å². The molecule has 1 aliphatic rings. The molecule has 1 amide bonds. The normalized spacial score (nSPS) is 21.4. The highest BCUT2D eigenvalue weighted by molar-refractivity contribution is 6.01. The Morgan fingerprint density at radius 2 is 2.50 bits per heavy atom. The molecule has 1 aliphatic heterocycles.